The highest BCUT2D eigenvalue weighted by atomic mass is 31.2. The molecular formula is C12H21O8P-2. The van der Waals surface area contributed by atoms with Crippen molar-refractivity contribution in [3.05, 3.63) is 13.8 Å². The number of carbonyl (C=O) groups excluding carboxylic acids is 2. The number of rotatable bonds is 11. The van der Waals surface area contributed by atoms with Crippen LogP contribution in [0.25, 0.3) is 0 Å². The summed E-state index contributed by atoms with van der Waals surface area (Å²) in [6.45, 7) is 6.15. The van der Waals surface area contributed by atoms with Crippen molar-refractivity contribution in [2.75, 3.05) is 13.2 Å². The molecular weight excluding hydrogens is 303 g/mol. The second-order valence-corrected chi connectivity index (χ2v) is 5.38. The van der Waals surface area contributed by atoms with Gasteiger partial charge in [-0.2, -0.15) is 12.8 Å². The number of esters is 2. The Morgan fingerprint density at radius 1 is 1.05 bits per heavy atom. The molecule has 9 heteroatoms. The number of carbonyl (C=O) groups is 2. The van der Waals surface area contributed by atoms with E-state index in [9.17, 15) is 14.2 Å². The molecule has 21 heavy (non-hydrogen) atoms. The summed E-state index contributed by atoms with van der Waals surface area (Å²) in [5, 5.41) is 0. The van der Waals surface area contributed by atoms with Gasteiger partial charge in [0.25, 0.3) is 0 Å². The van der Waals surface area contributed by atoms with Crippen molar-refractivity contribution in [3.63, 3.8) is 0 Å². The van der Waals surface area contributed by atoms with Crippen molar-refractivity contribution in [1.29, 1.82) is 0 Å². The molecule has 0 bridgehead atoms. The van der Waals surface area contributed by atoms with Gasteiger partial charge in [0.2, 0.25) is 0 Å². The number of phosphoric ester groups is 1. The van der Waals surface area contributed by atoms with Crippen LogP contribution < -0.4 is 0 Å². The van der Waals surface area contributed by atoms with Crippen LogP contribution in [-0.4, -0.2) is 41.0 Å². The Labute approximate surface area is 124 Å². The largest absolute Gasteiger partial charge is 0.469 e. The minimum absolute atomic E-state index is 0.0435. The molecule has 0 aromatic heterocycles. The van der Waals surface area contributed by atoms with Crippen LogP contribution in [0.3, 0.4) is 0 Å². The molecule has 0 aliphatic carbocycles. The van der Waals surface area contributed by atoms with Gasteiger partial charge < -0.3 is 33.1 Å². The third-order valence-electron chi connectivity index (χ3n) is 2.17. The van der Waals surface area contributed by atoms with Gasteiger partial charge in [-0.1, -0.05) is 6.42 Å². The lowest BCUT2D eigenvalue weighted by molar-refractivity contribution is -0.161. The van der Waals surface area contributed by atoms with Crippen molar-refractivity contribution in [3.8, 4) is 0 Å². The maximum atomic E-state index is 11.3. The Balaban J connectivity index is 4.32. The Morgan fingerprint density at radius 2 is 1.71 bits per heavy atom. The van der Waals surface area contributed by atoms with Gasteiger partial charge in [0.05, 0.1) is 6.61 Å². The number of ether oxygens (including phenoxy) is 2. The minimum atomic E-state index is -4.70. The second-order valence-electron chi connectivity index (χ2n) is 4.14. The first kappa shape index (κ1) is 20.1. The zero-order valence-corrected chi connectivity index (χ0v) is 12.6. The SMILES string of the molecule is [CH2-]CCCC(=O)OC[C@H](COP(=O)(O)O)OC(=O)CC[CH2-]. The van der Waals surface area contributed by atoms with Crippen LogP contribution in [0.1, 0.15) is 32.1 Å². The summed E-state index contributed by atoms with van der Waals surface area (Å²) in [5.74, 6) is -1.12. The fraction of sp³-hybridized carbons (Fsp3) is 0.667. The highest BCUT2D eigenvalue weighted by Crippen LogP contribution is 2.35. The molecule has 1 atom stereocenters. The summed E-state index contributed by atoms with van der Waals surface area (Å²) < 4.78 is 24.7. The van der Waals surface area contributed by atoms with E-state index in [-0.39, 0.29) is 19.4 Å². The van der Waals surface area contributed by atoms with Gasteiger partial charge in [-0.15, -0.1) is 0 Å². The maximum Gasteiger partial charge on any atom is 0.469 e. The fourth-order valence-electron chi connectivity index (χ4n) is 1.21. The number of phosphoric acid groups is 1. The van der Waals surface area contributed by atoms with Gasteiger partial charge in [-0.3, -0.25) is 14.1 Å². The molecule has 0 saturated carbocycles. The third kappa shape index (κ3) is 12.5. The maximum absolute atomic E-state index is 11.3. The quantitative estimate of drug-likeness (QED) is 0.330. The lowest BCUT2D eigenvalue weighted by Crippen LogP contribution is -2.29. The van der Waals surface area contributed by atoms with Crippen molar-refractivity contribution < 1.29 is 37.9 Å². The zero-order valence-electron chi connectivity index (χ0n) is 11.7. The van der Waals surface area contributed by atoms with Crippen molar-refractivity contribution in [2.24, 2.45) is 0 Å². The summed E-state index contributed by atoms with van der Waals surface area (Å²) in [6, 6.07) is 0. The number of unbranched alkanes of at least 4 members (excludes halogenated alkanes) is 1. The van der Waals surface area contributed by atoms with E-state index < -0.39 is 32.5 Å². The van der Waals surface area contributed by atoms with Crippen LogP contribution in [0.5, 0.6) is 0 Å². The van der Waals surface area contributed by atoms with Gasteiger partial charge in [-0.05, 0) is 0 Å². The molecule has 0 aliphatic heterocycles. The molecule has 8 nitrogen and oxygen atoms in total. The fourth-order valence-corrected chi connectivity index (χ4v) is 1.57. The van der Waals surface area contributed by atoms with Crippen molar-refractivity contribution in [1.82, 2.24) is 0 Å². The van der Waals surface area contributed by atoms with Gasteiger partial charge in [-0.25, -0.2) is 4.57 Å². The predicted octanol–water partition coefficient (Wildman–Crippen LogP) is 1.17. The monoisotopic (exact) mass is 324 g/mol. The normalized spacial score (nSPS) is 12.8. The molecule has 0 aliphatic rings. The summed E-state index contributed by atoms with van der Waals surface area (Å²) >= 11 is 0. The lowest BCUT2D eigenvalue weighted by Gasteiger charge is -2.18. The molecule has 0 aromatic carbocycles. The molecule has 0 spiro atoms. The Morgan fingerprint density at radius 3 is 2.24 bits per heavy atom. The Kier molecular flexibility index (Phi) is 10.2. The molecule has 0 saturated heterocycles. The molecule has 2 N–H and O–H groups in total. The molecule has 0 radical (unpaired) electrons. The first-order chi connectivity index (χ1) is 9.78. The molecule has 124 valence electrons. The van der Waals surface area contributed by atoms with Crippen LogP contribution in [0, 0.1) is 13.8 Å². The van der Waals surface area contributed by atoms with Crippen molar-refractivity contribution in [2.45, 2.75) is 38.2 Å². The standard InChI is InChI=1S/C12H21O8P/c1-3-5-7-11(13)18-8-10(9-19-21(15,16)17)20-12(14)6-4-2/h10H,1-9H2,(H2,15,16,17)/q-2/t10-/m1/s1. The smallest absolute Gasteiger partial charge is 0.462 e. The molecule has 0 rings (SSSR count). The van der Waals surface area contributed by atoms with Crippen LogP contribution in [0.2, 0.25) is 0 Å². The van der Waals surface area contributed by atoms with E-state index in [2.05, 4.69) is 18.4 Å². The van der Waals surface area contributed by atoms with E-state index in [0.29, 0.717) is 19.3 Å². The van der Waals surface area contributed by atoms with Crippen LogP contribution >= 0.6 is 7.82 Å². The topological polar surface area (TPSA) is 119 Å². The van der Waals surface area contributed by atoms with Crippen molar-refractivity contribution >= 4 is 19.8 Å². The summed E-state index contributed by atoms with van der Waals surface area (Å²) in [6.07, 6.45) is 0.584. The Bertz CT molecular complexity index is 364. The molecule has 0 unspecified atom stereocenters. The molecule has 0 aromatic rings. The highest BCUT2D eigenvalue weighted by Gasteiger charge is 2.22. The van der Waals surface area contributed by atoms with Gasteiger partial charge in [0, 0.05) is 12.8 Å². The number of hydrogen-bond acceptors (Lipinski definition) is 6. The molecule has 0 heterocycles. The van der Waals surface area contributed by atoms with Crippen LogP contribution in [0.15, 0.2) is 0 Å². The molecule has 0 fully saturated rings. The van der Waals surface area contributed by atoms with Gasteiger partial charge in [0.1, 0.15) is 6.61 Å². The summed E-state index contributed by atoms with van der Waals surface area (Å²) in [7, 11) is -4.70. The first-order valence-electron chi connectivity index (χ1n) is 6.42. The lowest BCUT2D eigenvalue weighted by atomic mass is 10.2. The van der Waals surface area contributed by atoms with Crippen LogP contribution in [-0.2, 0) is 28.2 Å². The summed E-state index contributed by atoms with van der Waals surface area (Å²) in [5.41, 5.74) is 0. The van der Waals surface area contributed by atoms with E-state index >= 15 is 0 Å². The average molecular weight is 324 g/mol. The van der Waals surface area contributed by atoms with E-state index in [1.807, 2.05) is 0 Å². The third-order valence-corrected chi connectivity index (χ3v) is 2.65. The van der Waals surface area contributed by atoms with Gasteiger partial charge >= 0.3 is 19.8 Å². The summed E-state index contributed by atoms with van der Waals surface area (Å²) in [4.78, 5) is 39.9. The highest BCUT2D eigenvalue weighted by molar-refractivity contribution is 7.46. The predicted molar refractivity (Wildman–Crippen MR) is 72.6 cm³/mol. The second kappa shape index (κ2) is 10.7. The molecule has 0 amide bonds. The number of hydrogen-bond donors (Lipinski definition) is 2. The van der Waals surface area contributed by atoms with E-state index in [4.69, 9.17) is 19.3 Å². The van der Waals surface area contributed by atoms with E-state index in [0.717, 1.165) is 0 Å². The average Bonchev–Trinajstić information content (AvgIpc) is 2.38. The van der Waals surface area contributed by atoms with E-state index in [1.54, 1.807) is 0 Å². The zero-order chi connectivity index (χ0) is 16.3. The van der Waals surface area contributed by atoms with Gasteiger partial charge in [0.15, 0.2) is 6.10 Å². The first-order valence-corrected chi connectivity index (χ1v) is 7.95. The minimum Gasteiger partial charge on any atom is -0.462 e. The van der Waals surface area contributed by atoms with E-state index in [1.165, 1.54) is 0 Å². The Hall–Kier alpha value is -0.950. The van der Waals surface area contributed by atoms with Crippen LogP contribution in [0.4, 0.5) is 0 Å².